The molecule has 6 heterocycles. The van der Waals surface area contributed by atoms with Crippen molar-refractivity contribution in [2.24, 2.45) is 0 Å². The fourth-order valence-electron chi connectivity index (χ4n) is 16.0. The third-order valence-corrected chi connectivity index (χ3v) is 19.9. The van der Waals surface area contributed by atoms with E-state index >= 15 is 0 Å². The van der Waals surface area contributed by atoms with Gasteiger partial charge in [0, 0.05) is 33.0 Å². The van der Waals surface area contributed by atoms with Crippen LogP contribution in [0.3, 0.4) is 0 Å². The monoisotopic (exact) mass is 1120 g/mol. The average Bonchev–Trinajstić information content (AvgIpc) is 1.50. The van der Waals surface area contributed by atoms with Crippen molar-refractivity contribution in [2.45, 2.75) is 157 Å². The number of imidazole rings is 2. The van der Waals surface area contributed by atoms with E-state index in [1.54, 1.807) is 4.40 Å². The first-order chi connectivity index (χ1) is 40.3. The lowest BCUT2D eigenvalue weighted by molar-refractivity contribution is 0.571. The molecule has 0 amide bonds. The first-order valence-electron chi connectivity index (χ1n) is 30.8. The highest BCUT2D eigenvalue weighted by Crippen LogP contribution is 2.57. The number of fused-ring (bicyclic) bond motifs is 14. The summed E-state index contributed by atoms with van der Waals surface area (Å²) in [5, 5.41) is 28.5. The van der Waals surface area contributed by atoms with Crippen LogP contribution in [0.2, 0.25) is 0 Å². The van der Waals surface area contributed by atoms with Gasteiger partial charge >= 0.3 is 0 Å². The maximum atomic E-state index is 14.8. The van der Waals surface area contributed by atoms with Gasteiger partial charge in [-0.1, -0.05) is 173 Å². The van der Waals surface area contributed by atoms with Gasteiger partial charge in [-0.25, -0.2) is 24.3 Å². The van der Waals surface area contributed by atoms with E-state index in [0.717, 1.165) is 76.8 Å². The molecule has 0 bridgehead atoms. The zero-order chi connectivity index (χ0) is 60.2. The van der Waals surface area contributed by atoms with E-state index in [2.05, 4.69) is 197 Å². The minimum atomic E-state index is -0.142. The number of aromatic nitrogens is 6. The maximum Gasteiger partial charge on any atom is 0.266 e. The summed E-state index contributed by atoms with van der Waals surface area (Å²) in [6.07, 6.45) is 0. The Morgan fingerprint density at radius 2 is 0.616 bits per heavy atom. The molecule has 0 atom stereocenters. The zero-order valence-corrected chi connectivity index (χ0v) is 52.7. The molecular formula is C78H70N6O2. The number of hydrogen-bond acceptors (Lipinski definition) is 6. The van der Waals surface area contributed by atoms with Gasteiger partial charge in [0.1, 0.15) is 5.52 Å². The fourth-order valence-corrected chi connectivity index (χ4v) is 16.0. The molecule has 0 aliphatic carbocycles. The summed E-state index contributed by atoms with van der Waals surface area (Å²) in [6, 6.07) is 35.9. The number of rotatable bonds is 0. The van der Waals surface area contributed by atoms with Gasteiger partial charge in [-0.2, -0.15) is 0 Å². The van der Waals surface area contributed by atoms with Crippen LogP contribution in [-0.2, 0) is 32.5 Å². The molecule has 18 aromatic rings. The lowest BCUT2D eigenvalue weighted by atomic mass is 9.80. The molecule has 0 saturated heterocycles. The zero-order valence-electron chi connectivity index (χ0n) is 52.7. The van der Waals surface area contributed by atoms with Crippen molar-refractivity contribution in [1.29, 1.82) is 0 Å². The normalized spacial score (nSPS) is 14.3. The van der Waals surface area contributed by atoms with Crippen LogP contribution in [-0.4, -0.2) is 28.7 Å². The van der Waals surface area contributed by atoms with Crippen molar-refractivity contribution in [3.63, 3.8) is 0 Å². The molecule has 86 heavy (non-hydrogen) atoms. The third-order valence-electron chi connectivity index (χ3n) is 19.9. The summed E-state index contributed by atoms with van der Waals surface area (Å²) < 4.78 is 3.62. The predicted octanol–water partition coefficient (Wildman–Crippen LogP) is 19.6. The molecule has 6 aromatic heterocycles. The van der Waals surface area contributed by atoms with E-state index in [-0.39, 0.29) is 43.6 Å². The van der Waals surface area contributed by atoms with Gasteiger partial charge in [0.05, 0.1) is 16.3 Å². The highest BCUT2D eigenvalue weighted by atomic mass is 16.1. The molecular weight excluding hydrogens is 1050 g/mol. The molecule has 0 unspecified atom stereocenters. The van der Waals surface area contributed by atoms with Crippen molar-refractivity contribution >= 4 is 163 Å². The van der Waals surface area contributed by atoms with Gasteiger partial charge in [-0.3, -0.25) is 14.0 Å². The highest BCUT2D eigenvalue weighted by Gasteiger charge is 2.36. The lowest BCUT2D eigenvalue weighted by Crippen LogP contribution is -2.14. The molecule has 0 aliphatic rings. The Hall–Kier alpha value is -8.62. The quantitative estimate of drug-likeness (QED) is 0.140. The highest BCUT2D eigenvalue weighted by molar-refractivity contribution is 6.51. The second kappa shape index (κ2) is 15.5. The summed E-state index contributed by atoms with van der Waals surface area (Å²) >= 11 is 0. The Labute approximate surface area is 497 Å². The first-order valence-corrected chi connectivity index (χ1v) is 30.8. The van der Waals surface area contributed by atoms with Gasteiger partial charge in [0.15, 0.2) is 22.6 Å². The van der Waals surface area contributed by atoms with E-state index in [1.165, 1.54) is 108 Å². The van der Waals surface area contributed by atoms with Gasteiger partial charge in [0.25, 0.3) is 11.1 Å². The molecule has 0 N–H and O–H groups in total. The van der Waals surface area contributed by atoms with Crippen LogP contribution in [0.15, 0.2) is 107 Å². The van der Waals surface area contributed by atoms with Crippen LogP contribution < -0.4 is 11.1 Å². The lowest BCUT2D eigenvalue weighted by Gasteiger charge is -2.23. The standard InChI is InChI=1S/2C39H35N3O/c1-37(2,3)23-16-21-30-28-19(23)12-10-18-11-13-20-24(38(4,5)6)17-22(31(30)29(20)27(18)28)33-32(21)35-41-34-25(42(35)36(33)43)14-15-26(40-34)39(7,8)9;1-37(2,3)23-16-21-30-28-19(23)12-10-18-11-13-20-24(38(4,5)6)17-22(31(30)29(20)27(18)28)33-32(21)35-40-25-14-15-26(39(7,8)9)41-34(25)42(35)36(33)43/h2*10-17H,1-9H3. The summed E-state index contributed by atoms with van der Waals surface area (Å²) in [4.78, 5) is 49.8. The fraction of sp³-hybridized carbons (Fsp3) is 0.308. The molecule has 0 aliphatic heterocycles. The Kier molecular flexibility index (Phi) is 9.33. The summed E-state index contributed by atoms with van der Waals surface area (Å²) in [7, 11) is 0. The van der Waals surface area contributed by atoms with Crippen molar-refractivity contribution < 1.29 is 0 Å². The second-order valence-corrected chi connectivity index (χ2v) is 31.8. The Morgan fingerprint density at radius 1 is 0.279 bits per heavy atom. The Bertz CT molecular complexity index is 5970. The number of benzene rings is 10. The minimum absolute atomic E-state index is 0.000505. The average molecular weight is 1120 g/mol. The molecule has 0 fully saturated rings. The largest absolute Gasteiger partial charge is 0.268 e. The Balaban J connectivity index is 0.000000134. The molecule has 12 aromatic carbocycles. The van der Waals surface area contributed by atoms with Crippen molar-refractivity contribution in [3.8, 4) is 0 Å². The molecule has 0 radical (unpaired) electrons. The maximum absolute atomic E-state index is 14.8. The van der Waals surface area contributed by atoms with E-state index < -0.39 is 0 Å². The first kappa shape index (κ1) is 51.8. The smallest absolute Gasteiger partial charge is 0.266 e. The van der Waals surface area contributed by atoms with Crippen LogP contribution in [0, 0.1) is 0 Å². The summed E-state index contributed by atoms with van der Waals surface area (Å²) in [6.45, 7) is 40.3. The molecule has 8 nitrogen and oxygen atoms in total. The van der Waals surface area contributed by atoms with Crippen LogP contribution in [0.1, 0.15) is 158 Å². The van der Waals surface area contributed by atoms with Crippen molar-refractivity contribution in [2.75, 3.05) is 0 Å². The molecule has 0 spiro atoms. The molecule has 0 saturated carbocycles. The second-order valence-electron chi connectivity index (χ2n) is 31.8. The number of hydrogen-bond donors (Lipinski definition) is 0. The minimum Gasteiger partial charge on any atom is -0.268 e. The van der Waals surface area contributed by atoms with Gasteiger partial charge in [-0.05, 0) is 200 Å². The van der Waals surface area contributed by atoms with Crippen molar-refractivity contribution in [1.82, 2.24) is 28.7 Å². The van der Waals surface area contributed by atoms with Crippen molar-refractivity contribution in [3.05, 3.63) is 151 Å². The van der Waals surface area contributed by atoms with Crippen LogP contribution in [0.5, 0.6) is 0 Å². The molecule has 18 rings (SSSR count). The number of pyridine rings is 2. The SMILES string of the molecule is CC(C)(C)c1ccc2c(n1)nc1c3c4cc(C(C)(C)C)c5ccc6ccc7c(C(C)(C)C)cc(c3c(=O)n21)c1c7c6c5c41.CC(C)(C)c1ccc2nc3c4c5cc(C(C)(C)C)c6ccc7ccc8c(C(C)(C)C)cc(c4c(=O)n3c2n1)c1c8c7c6c51. The van der Waals surface area contributed by atoms with E-state index in [0.29, 0.717) is 11.3 Å². The summed E-state index contributed by atoms with van der Waals surface area (Å²) in [5.41, 5.74) is 10.7. The molecule has 8 heteroatoms. The number of nitrogens with zero attached hydrogens (tertiary/aromatic N) is 6. The van der Waals surface area contributed by atoms with Crippen LogP contribution in [0.25, 0.3) is 163 Å². The Morgan fingerprint density at radius 3 is 1.00 bits per heavy atom. The predicted molar refractivity (Wildman–Crippen MR) is 365 cm³/mol. The van der Waals surface area contributed by atoms with Gasteiger partial charge in [-0.15, -0.1) is 0 Å². The van der Waals surface area contributed by atoms with E-state index in [4.69, 9.17) is 19.9 Å². The van der Waals surface area contributed by atoms with Crippen LogP contribution >= 0.6 is 0 Å². The van der Waals surface area contributed by atoms with E-state index in [1.807, 2.05) is 28.7 Å². The third kappa shape index (κ3) is 6.30. The van der Waals surface area contributed by atoms with E-state index in [9.17, 15) is 9.59 Å². The van der Waals surface area contributed by atoms with Gasteiger partial charge < -0.3 is 0 Å². The topological polar surface area (TPSA) is 94.5 Å². The summed E-state index contributed by atoms with van der Waals surface area (Å²) in [5.74, 6) is 0. The molecule has 424 valence electrons. The van der Waals surface area contributed by atoms with Crippen LogP contribution in [0.4, 0.5) is 0 Å². The van der Waals surface area contributed by atoms with Gasteiger partial charge in [0.2, 0.25) is 0 Å².